The third-order valence-corrected chi connectivity index (χ3v) is 2.95. The molecule has 0 unspecified atom stereocenters. The number of nitrogens with zero attached hydrogens (tertiary/aromatic N) is 3. The highest BCUT2D eigenvalue weighted by Gasteiger charge is 2.27. The van der Waals surface area contributed by atoms with Gasteiger partial charge in [-0.1, -0.05) is 0 Å². The van der Waals surface area contributed by atoms with Crippen molar-refractivity contribution in [3.8, 4) is 0 Å². The molecular weight excluding hydrogens is 244 g/mol. The van der Waals surface area contributed by atoms with Crippen LogP contribution in [0.1, 0.15) is 31.3 Å². The van der Waals surface area contributed by atoms with Crippen molar-refractivity contribution in [1.82, 2.24) is 15.1 Å². The molecule has 0 aliphatic carbocycles. The summed E-state index contributed by atoms with van der Waals surface area (Å²) in [6.45, 7) is 7.89. The molecule has 6 nitrogen and oxygen atoms in total. The summed E-state index contributed by atoms with van der Waals surface area (Å²) in [4.78, 5) is 14.1. The molecule has 19 heavy (non-hydrogen) atoms. The predicted molar refractivity (Wildman–Crippen MR) is 72.1 cm³/mol. The van der Waals surface area contributed by atoms with Crippen LogP contribution in [0.25, 0.3) is 0 Å². The van der Waals surface area contributed by atoms with Gasteiger partial charge in [-0.25, -0.2) is 0 Å². The standard InChI is InChI=1S/C13H20N4O2/c1-4-14-12-6-5-11(15-16-12)13(18)17-7-9(2)19-10(3)8-17/h5-6,9-10H,4,7-8H2,1-3H3,(H,14,16)/t9-,10+. The van der Waals surface area contributed by atoms with Gasteiger partial charge in [0.2, 0.25) is 0 Å². The Hall–Kier alpha value is -1.69. The van der Waals surface area contributed by atoms with Crippen LogP contribution in [0, 0.1) is 0 Å². The quantitative estimate of drug-likeness (QED) is 0.887. The van der Waals surface area contributed by atoms with Crippen molar-refractivity contribution in [2.75, 3.05) is 25.0 Å². The lowest BCUT2D eigenvalue weighted by atomic mass is 10.2. The summed E-state index contributed by atoms with van der Waals surface area (Å²) in [6.07, 6.45) is 0.114. The van der Waals surface area contributed by atoms with Crippen LogP contribution in [0.3, 0.4) is 0 Å². The van der Waals surface area contributed by atoms with E-state index in [4.69, 9.17) is 4.74 Å². The minimum atomic E-state index is -0.0856. The average molecular weight is 264 g/mol. The van der Waals surface area contributed by atoms with E-state index in [1.807, 2.05) is 20.8 Å². The molecule has 2 heterocycles. The number of ether oxygens (including phenoxy) is 1. The number of aromatic nitrogens is 2. The summed E-state index contributed by atoms with van der Waals surface area (Å²) < 4.78 is 5.61. The number of carbonyl (C=O) groups excluding carboxylic acids is 1. The number of nitrogens with one attached hydrogen (secondary N) is 1. The first-order valence-corrected chi connectivity index (χ1v) is 6.62. The van der Waals surface area contributed by atoms with Gasteiger partial charge in [-0.15, -0.1) is 10.2 Å². The third kappa shape index (κ3) is 3.41. The SMILES string of the molecule is CCNc1ccc(C(=O)N2C[C@@H](C)O[C@@H](C)C2)nn1. The highest BCUT2D eigenvalue weighted by atomic mass is 16.5. The van der Waals surface area contributed by atoms with Gasteiger partial charge in [-0.3, -0.25) is 4.79 Å². The van der Waals surface area contributed by atoms with Crippen LogP contribution in [-0.4, -0.2) is 52.8 Å². The fourth-order valence-electron chi connectivity index (χ4n) is 2.23. The first-order valence-electron chi connectivity index (χ1n) is 6.62. The van der Waals surface area contributed by atoms with Gasteiger partial charge in [0.1, 0.15) is 5.82 Å². The van der Waals surface area contributed by atoms with Crippen molar-refractivity contribution in [2.45, 2.75) is 33.0 Å². The van der Waals surface area contributed by atoms with E-state index < -0.39 is 0 Å². The second-order valence-electron chi connectivity index (χ2n) is 4.80. The van der Waals surface area contributed by atoms with E-state index in [0.29, 0.717) is 24.6 Å². The van der Waals surface area contributed by atoms with Crippen LogP contribution in [0.2, 0.25) is 0 Å². The first kappa shape index (κ1) is 13.7. The Morgan fingerprint density at radius 1 is 1.37 bits per heavy atom. The van der Waals surface area contributed by atoms with Crippen molar-refractivity contribution < 1.29 is 9.53 Å². The summed E-state index contributed by atoms with van der Waals surface area (Å²) in [5.41, 5.74) is 0.378. The molecule has 1 aromatic heterocycles. The van der Waals surface area contributed by atoms with E-state index in [1.165, 1.54) is 0 Å². The fourth-order valence-corrected chi connectivity index (χ4v) is 2.23. The minimum Gasteiger partial charge on any atom is -0.372 e. The molecular formula is C13H20N4O2. The van der Waals surface area contributed by atoms with Gasteiger partial charge in [-0.05, 0) is 32.9 Å². The summed E-state index contributed by atoms with van der Waals surface area (Å²) in [6, 6.07) is 3.48. The van der Waals surface area contributed by atoms with Gasteiger partial charge >= 0.3 is 0 Å². The molecule has 0 aromatic carbocycles. The van der Waals surface area contributed by atoms with Crippen LogP contribution >= 0.6 is 0 Å². The molecule has 1 aliphatic rings. The number of rotatable bonds is 3. The smallest absolute Gasteiger partial charge is 0.274 e. The molecule has 1 saturated heterocycles. The summed E-state index contributed by atoms with van der Waals surface area (Å²) >= 11 is 0. The van der Waals surface area contributed by atoms with E-state index in [9.17, 15) is 4.79 Å². The molecule has 1 N–H and O–H groups in total. The van der Waals surface area contributed by atoms with Gasteiger partial charge in [0.15, 0.2) is 5.69 Å². The van der Waals surface area contributed by atoms with E-state index in [0.717, 1.165) is 6.54 Å². The minimum absolute atomic E-state index is 0.0571. The van der Waals surface area contributed by atoms with Crippen molar-refractivity contribution in [2.24, 2.45) is 0 Å². The largest absolute Gasteiger partial charge is 0.372 e. The molecule has 0 saturated carbocycles. The number of hydrogen-bond acceptors (Lipinski definition) is 5. The van der Waals surface area contributed by atoms with E-state index in [2.05, 4.69) is 15.5 Å². The van der Waals surface area contributed by atoms with Crippen molar-refractivity contribution >= 4 is 11.7 Å². The topological polar surface area (TPSA) is 67.4 Å². The molecule has 2 atom stereocenters. The van der Waals surface area contributed by atoms with Crippen molar-refractivity contribution in [3.05, 3.63) is 17.8 Å². The highest BCUT2D eigenvalue weighted by molar-refractivity contribution is 5.92. The summed E-state index contributed by atoms with van der Waals surface area (Å²) in [5.74, 6) is 0.598. The maximum Gasteiger partial charge on any atom is 0.274 e. The van der Waals surface area contributed by atoms with Gasteiger partial charge in [0.05, 0.1) is 12.2 Å². The van der Waals surface area contributed by atoms with Crippen molar-refractivity contribution in [3.63, 3.8) is 0 Å². The molecule has 1 fully saturated rings. The van der Waals surface area contributed by atoms with Crippen LogP contribution in [0.4, 0.5) is 5.82 Å². The lowest BCUT2D eigenvalue weighted by molar-refractivity contribution is -0.0587. The first-order chi connectivity index (χ1) is 9.10. The Balaban J connectivity index is 2.06. The molecule has 0 bridgehead atoms. The average Bonchev–Trinajstić information content (AvgIpc) is 2.38. The zero-order chi connectivity index (χ0) is 13.8. The predicted octanol–water partition coefficient (Wildman–Crippen LogP) is 1.16. The Morgan fingerprint density at radius 2 is 2.05 bits per heavy atom. The van der Waals surface area contributed by atoms with E-state index in [1.54, 1.807) is 17.0 Å². The molecule has 104 valence electrons. The second kappa shape index (κ2) is 5.97. The molecule has 1 amide bonds. The molecule has 6 heteroatoms. The Labute approximate surface area is 113 Å². The fraction of sp³-hybridized carbons (Fsp3) is 0.615. The zero-order valence-electron chi connectivity index (χ0n) is 11.6. The zero-order valence-corrected chi connectivity index (χ0v) is 11.6. The highest BCUT2D eigenvalue weighted by Crippen LogP contribution is 2.13. The Kier molecular flexibility index (Phi) is 4.31. The number of hydrogen-bond donors (Lipinski definition) is 1. The van der Waals surface area contributed by atoms with Gasteiger partial charge in [0.25, 0.3) is 5.91 Å². The molecule has 1 aliphatic heterocycles. The monoisotopic (exact) mass is 264 g/mol. The molecule has 0 spiro atoms. The lowest BCUT2D eigenvalue weighted by Gasteiger charge is -2.35. The molecule has 0 radical (unpaired) electrons. The summed E-state index contributed by atoms with van der Waals surface area (Å²) in [5, 5.41) is 11.0. The van der Waals surface area contributed by atoms with E-state index in [-0.39, 0.29) is 18.1 Å². The lowest BCUT2D eigenvalue weighted by Crippen LogP contribution is -2.48. The molecule has 2 rings (SSSR count). The van der Waals surface area contributed by atoms with Crippen LogP contribution in [-0.2, 0) is 4.74 Å². The Bertz CT molecular complexity index is 425. The number of carbonyl (C=O) groups is 1. The third-order valence-electron chi connectivity index (χ3n) is 2.95. The van der Waals surface area contributed by atoms with Crippen molar-refractivity contribution in [1.29, 1.82) is 0 Å². The maximum absolute atomic E-state index is 12.3. The van der Waals surface area contributed by atoms with Crippen LogP contribution in [0.5, 0.6) is 0 Å². The molecule has 1 aromatic rings. The van der Waals surface area contributed by atoms with E-state index >= 15 is 0 Å². The van der Waals surface area contributed by atoms with Gasteiger partial charge in [0, 0.05) is 19.6 Å². The normalized spacial score (nSPS) is 23.2. The second-order valence-corrected chi connectivity index (χ2v) is 4.80. The number of anilines is 1. The summed E-state index contributed by atoms with van der Waals surface area (Å²) in [7, 11) is 0. The number of amides is 1. The van der Waals surface area contributed by atoms with Gasteiger partial charge in [-0.2, -0.15) is 0 Å². The van der Waals surface area contributed by atoms with Crippen LogP contribution < -0.4 is 5.32 Å². The van der Waals surface area contributed by atoms with Crippen LogP contribution in [0.15, 0.2) is 12.1 Å². The maximum atomic E-state index is 12.3. The van der Waals surface area contributed by atoms with Gasteiger partial charge < -0.3 is 15.0 Å². The number of morpholine rings is 1. The Morgan fingerprint density at radius 3 is 2.58 bits per heavy atom.